The molecule has 6 nitrogen and oxygen atoms in total. The molecule has 144 valence electrons. The van der Waals surface area contributed by atoms with Crippen LogP contribution in [0.25, 0.3) is 11.3 Å². The third-order valence-electron chi connectivity index (χ3n) is 4.49. The summed E-state index contributed by atoms with van der Waals surface area (Å²) in [5, 5.41) is 2.73. The third-order valence-corrected chi connectivity index (χ3v) is 4.49. The number of hydrogen-bond donors (Lipinski definition) is 2. The van der Waals surface area contributed by atoms with Crippen molar-refractivity contribution < 1.29 is 14.3 Å². The number of carbonyl (C=O) groups is 1. The van der Waals surface area contributed by atoms with Crippen LogP contribution in [0.4, 0.5) is 5.82 Å². The first-order valence-electron chi connectivity index (χ1n) is 9.27. The van der Waals surface area contributed by atoms with Gasteiger partial charge in [-0.15, -0.1) is 0 Å². The summed E-state index contributed by atoms with van der Waals surface area (Å²) in [5.41, 5.74) is 9.78. The van der Waals surface area contributed by atoms with Crippen molar-refractivity contribution in [3.63, 3.8) is 0 Å². The topological polar surface area (TPSA) is 86.5 Å². The van der Waals surface area contributed by atoms with Gasteiger partial charge in [0, 0.05) is 29.7 Å². The Labute approximate surface area is 160 Å². The molecular weight excluding hydrogens is 342 g/mol. The number of nitrogens with one attached hydrogen (secondary N) is 1. The van der Waals surface area contributed by atoms with Crippen LogP contribution in [0, 0.1) is 12.8 Å². The lowest BCUT2D eigenvalue weighted by Gasteiger charge is -2.24. The number of ether oxygens (including phenoxy) is 2. The van der Waals surface area contributed by atoms with Crippen molar-refractivity contribution in [1.29, 1.82) is 0 Å². The van der Waals surface area contributed by atoms with E-state index in [9.17, 15) is 4.79 Å². The van der Waals surface area contributed by atoms with Crippen molar-refractivity contribution in [1.82, 2.24) is 4.98 Å². The first-order valence-corrected chi connectivity index (χ1v) is 9.27. The molecule has 1 aliphatic heterocycles. The Morgan fingerprint density at radius 1 is 1.33 bits per heavy atom. The molecule has 3 rings (SSSR count). The molecule has 2 aromatic rings. The Morgan fingerprint density at radius 3 is 2.81 bits per heavy atom. The highest BCUT2D eigenvalue weighted by Crippen LogP contribution is 2.42. The molecule has 1 atom stereocenters. The monoisotopic (exact) mass is 369 g/mol. The normalized spacial score (nSPS) is 13.4. The van der Waals surface area contributed by atoms with Crippen LogP contribution in [0.5, 0.6) is 11.5 Å². The maximum Gasteiger partial charge on any atom is 0.222 e. The van der Waals surface area contributed by atoms with Crippen LogP contribution in [0.1, 0.15) is 38.3 Å². The fraction of sp³-hybridized carbons (Fsp3) is 0.429. The number of fused-ring (bicyclic) bond motifs is 3. The summed E-state index contributed by atoms with van der Waals surface area (Å²) < 4.78 is 11.9. The second kappa shape index (κ2) is 7.96. The predicted octanol–water partition coefficient (Wildman–Crippen LogP) is 3.66. The number of carbonyl (C=O) groups excluding carboxylic acids is 1. The van der Waals surface area contributed by atoms with Gasteiger partial charge in [0.15, 0.2) is 0 Å². The molecule has 0 aliphatic carbocycles. The van der Waals surface area contributed by atoms with Crippen LogP contribution in [-0.2, 0) is 11.4 Å². The van der Waals surface area contributed by atoms with E-state index >= 15 is 0 Å². The van der Waals surface area contributed by atoms with E-state index < -0.39 is 0 Å². The maximum absolute atomic E-state index is 11.3. The minimum atomic E-state index is -0.146. The Bertz CT molecular complexity index is 849. The first-order chi connectivity index (χ1) is 12.8. The van der Waals surface area contributed by atoms with Gasteiger partial charge in [0.1, 0.15) is 30.5 Å². The van der Waals surface area contributed by atoms with Gasteiger partial charge in [0.2, 0.25) is 5.91 Å². The van der Waals surface area contributed by atoms with E-state index in [2.05, 4.69) is 24.1 Å². The summed E-state index contributed by atoms with van der Waals surface area (Å²) in [5.74, 6) is 2.47. The molecule has 1 amide bonds. The van der Waals surface area contributed by atoms with Crippen LogP contribution in [0.2, 0.25) is 0 Å². The molecule has 3 N–H and O–H groups in total. The van der Waals surface area contributed by atoms with E-state index in [0.29, 0.717) is 24.9 Å². The molecule has 0 saturated heterocycles. The molecule has 1 aromatic heterocycles. The lowest BCUT2D eigenvalue weighted by molar-refractivity contribution is -0.114. The number of anilines is 1. The number of pyridine rings is 1. The molecule has 0 radical (unpaired) electrons. The van der Waals surface area contributed by atoms with Gasteiger partial charge in [0.25, 0.3) is 0 Å². The average molecular weight is 369 g/mol. The second-order valence-corrected chi connectivity index (χ2v) is 7.44. The zero-order chi connectivity index (χ0) is 19.6. The van der Waals surface area contributed by atoms with Gasteiger partial charge in [-0.25, -0.2) is 4.98 Å². The lowest BCUT2D eigenvalue weighted by Crippen LogP contribution is -2.29. The van der Waals surface area contributed by atoms with Crippen molar-refractivity contribution in [2.24, 2.45) is 11.7 Å². The largest absolute Gasteiger partial charge is 0.492 e. The summed E-state index contributed by atoms with van der Waals surface area (Å²) in [6, 6.07) is 7.61. The van der Waals surface area contributed by atoms with Gasteiger partial charge in [-0.1, -0.05) is 13.8 Å². The molecule has 1 aromatic carbocycles. The van der Waals surface area contributed by atoms with Crippen LogP contribution < -0.4 is 20.5 Å². The van der Waals surface area contributed by atoms with E-state index in [1.54, 1.807) is 6.07 Å². The summed E-state index contributed by atoms with van der Waals surface area (Å²) in [6.45, 7) is 8.65. The number of nitrogens with two attached hydrogens (primary N) is 1. The van der Waals surface area contributed by atoms with Crippen LogP contribution in [-0.4, -0.2) is 23.5 Å². The third kappa shape index (κ3) is 4.39. The van der Waals surface area contributed by atoms with E-state index in [1.807, 2.05) is 25.1 Å². The lowest BCUT2D eigenvalue weighted by atomic mass is 9.99. The van der Waals surface area contributed by atoms with Crippen molar-refractivity contribution in [3.05, 3.63) is 35.4 Å². The minimum Gasteiger partial charge on any atom is -0.492 e. The Kier molecular flexibility index (Phi) is 5.65. The maximum atomic E-state index is 11.3. The molecule has 0 spiro atoms. The number of hydrogen-bond acceptors (Lipinski definition) is 5. The van der Waals surface area contributed by atoms with E-state index in [0.717, 1.165) is 40.3 Å². The van der Waals surface area contributed by atoms with Gasteiger partial charge < -0.3 is 20.5 Å². The fourth-order valence-corrected chi connectivity index (χ4v) is 3.31. The highest BCUT2D eigenvalue weighted by atomic mass is 16.5. The highest BCUT2D eigenvalue weighted by molar-refractivity contribution is 5.88. The van der Waals surface area contributed by atoms with Crippen molar-refractivity contribution >= 4 is 11.7 Å². The molecule has 1 aliphatic rings. The van der Waals surface area contributed by atoms with Crippen molar-refractivity contribution in [2.75, 3.05) is 11.9 Å². The smallest absolute Gasteiger partial charge is 0.222 e. The highest BCUT2D eigenvalue weighted by Gasteiger charge is 2.23. The van der Waals surface area contributed by atoms with Crippen LogP contribution in [0.3, 0.4) is 0 Å². The zero-order valence-electron chi connectivity index (χ0n) is 16.3. The zero-order valence-corrected chi connectivity index (χ0v) is 16.3. The summed E-state index contributed by atoms with van der Waals surface area (Å²) in [4.78, 5) is 15.9. The van der Waals surface area contributed by atoms with E-state index in [1.165, 1.54) is 6.92 Å². The predicted molar refractivity (Wildman–Crippen MR) is 106 cm³/mol. The fourth-order valence-electron chi connectivity index (χ4n) is 3.31. The average Bonchev–Trinajstić information content (AvgIpc) is 2.60. The van der Waals surface area contributed by atoms with Gasteiger partial charge in [-0.3, -0.25) is 4.79 Å². The molecule has 0 unspecified atom stereocenters. The molecule has 0 saturated carbocycles. The first kappa shape index (κ1) is 19.2. The Morgan fingerprint density at radius 2 is 2.11 bits per heavy atom. The molecule has 6 heteroatoms. The van der Waals surface area contributed by atoms with Gasteiger partial charge in [-0.05, 0) is 43.5 Å². The standard InChI is InChI=1S/C21H27N3O3/c1-12(2)9-16(22)11-26-18-7-6-17-20-15(10-27-21(17)13(18)3)5-8-19(24-20)23-14(4)25/h5-8,12,16H,9-11,22H2,1-4H3,(H,23,24,25)/t16-/m0/s1. The molecule has 27 heavy (non-hydrogen) atoms. The second-order valence-electron chi connectivity index (χ2n) is 7.44. The molecule has 0 fully saturated rings. The summed E-state index contributed by atoms with van der Waals surface area (Å²) in [7, 11) is 0. The minimum absolute atomic E-state index is 0.00366. The van der Waals surface area contributed by atoms with E-state index in [4.69, 9.17) is 15.2 Å². The Hall–Kier alpha value is -2.60. The van der Waals surface area contributed by atoms with Gasteiger partial charge >= 0.3 is 0 Å². The SMILES string of the molecule is CC(=O)Nc1ccc2c(n1)-c1ccc(OC[C@@H](N)CC(C)C)c(C)c1OC2. The van der Waals surface area contributed by atoms with Crippen molar-refractivity contribution in [3.8, 4) is 22.8 Å². The van der Waals surface area contributed by atoms with Gasteiger partial charge in [-0.2, -0.15) is 0 Å². The van der Waals surface area contributed by atoms with Gasteiger partial charge in [0.05, 0.1) is 5.69 Å². The summed E-state index contributed by atoms with van der Waals surface area (Å²) >= 11 is 0. The quantitative estimate of drug-likeness (QED) is 0.811. The number of rotatable bonds is 6. The Balaban J connectivity index is 1.85. The van der Waals surface area contributed by atoms with Crippen LogP contribution in [0.15, 0.2) is 24.3 Å². The van der Waals surface area contributed by atoms with Crippen LogP contribution >= 0.6 is 0 Å². The number of nitrogens with zero attached hydrogens (tertiary/aromatic N) is 1. The molecular formula is C21H27N3O3. The number of amides is 1. The van der Waals surface area contributed by atoms with E-state index in [-0.39, 0.29) is 11.9 Å². The molecule has 2 heterocycles. The summed E-state index contributed by atoms with van der Waals surface area (Å²) in [6.07, 6.45) is 0.920. The van der Waals surface area contributed by atoms with Crippen molar-refractivity contribution in [2.45, 2.75) is 46.8 Å². The molecule has 0 bridgehead atoms. The number of benzene rings is 1. The number of aromatic nitrogens is 1.